The van der Waals surface area contributed by atoms with Crippen molar-refractivity contribution in [3.63, 3.8) is 0 Å². The molecule has 5 nitrogen and oxygen atoms in total. The fourth-order valence-electron chi connectivity index (χ4n) is 4.26. The number of benzene rings is 2. The molecule has 0 radical (unpaired) electrons. The van der Waals surface area contributed by atoms with Crippen LogP contribution in [0, 0.1) is 11.2 Å². The van der Waals surface area contributed by atoms with E-state index >= 15 is 0 Å². The molecule has 150 valence electrons. The number of aromatic nitrogens is 2. The van der Waals surface area contributed by atoms with E-state index in [2.05, 4.69) is 20.6 Å². The molecular formula is C22H22ClFN4O. The van der Waals surface area contributed by atoms with Gasteiger partial charge in [0.05, 0.1) is 21.7 Å². The topological polar surface area (TPSA) is 69.8 Å². The smallest absolute Gasteiger partial charge is 0.251 e. The molecule has 1 aromatic heterocycles. The summed E-state index contributed by atoms with van der Waals surface area (Å²) in [4.78, 5) is 20.2. The molecule has 2 saturated carbocycles. The van der Waals surface area contributed by atoms with Gasteiger partial charge in [-0.3, -0.25) is 4.79 Å². The molecule has 1 heterocycles. The maximum Gasteiger partial charge on any atom is 0.251 e. The third-order valence-corrected chi connectivity index (χ3v) is 6.60. The fraction of sp³-hybridized carbons (Fsp3) is 0.364. The molecule has 29 heavy (non-hydrogen) atoms. The first-order chi connectivity index (χ1) is 14.0. The van der Waals surface area contributed by atoms with Gasteiger partial charge in [-0.1, -0.05) is 17.7 Å². The molecule has 2 aliphatic rings. The number of hydrogen-bond acceptors (Lipinski definition) is 3. The van der Waals surface area contributed by atoms with Gasteiger partial charge < -0.3 is 15.6 Å². The summed E-state index contributed by atoms with van der Waals surface area (Å²) < 4.78 is 14.0. The fourth-order valence-corrected chi connectivity index (χ4v) is 4.47. The minimum absolute atomic E-state index is 0.0710. The highest BCUT2D eigenvalue weighted by Gasteiger charge is 2.44. The summed E-state index contributed by atoms with van der Waals surface area (Å²) in [5.74, 6) is -0.164. The number of fused-ring (bicyclic) bond motifs is 1. The number of H-pyrrole nitrogens is 1. The van der Waals surface area contributed by atoms with Crippen LogP contribution in [0.1, 0.15) is 48.9 Å². The lowest BCUT2D eigenvalue weighted by atomic mass is 9.83. The number of amides is 1. The van der Waals surface area contributed by atoms with Gasteiger partial charge in [-0.05, 0) is 74.3 Å². The zero-order valence-corrected chi connectivity index (χ0v) is 16.7. The molecular weight excluding hydrogens is 391 g/mol. The van der Waals surface area contributed by atoms with Gasteiger partial charge in [0.1, 0.15) is 5.82 Å². The Morgan fingerprint density at radius 3 is 2.69 bits per heavy atom. The van der Waals surface area contributed by atoms with E-state index < -0.39 is 5.82 Å². The van der Waals surface area contributed by atoms with E-state index in [1.54, 1.807) is 24.3 Å². The van der Waals surface area contributed by atoms with Crippen LogP contribution < -0.4 is 10.6 Å². The number of para-hydroxylation sites is 1. The number of imidazole rings is 1. The average molecular weight is 413 g/mol. The lowest BCUT2D eigenvalue weighted by Crippen LogP contribution is -2.37. The Kier molecular flexibility index (Phi) is 4.46. The minimum Gasteiger partial charge on any atom is -0.349 e. The number of rotatable bonds is 4. The Hall–Kier alpha value is -2.60. The minimum atomic E-state index is -0.460. The number of anilines is 2. The van der Waals surface area contributed by atoms with Crippen LogP contribution in [-0.4, -0.2) is 21.9 Å². The van der Waals surface area contributed by atoms with Gasteiger partial charge in [0.25, 0.3) is 5.91 Å². The number of carbonyl (C=O) groups is 1. The van der Waals surface area contributed by atoms with Crippen LogP contribution in [0.15, 0.2) is 36.4 Å². The first-order valence-electron chi connectivity index (χ1n) is 10.0. The van der Waals surface area contributed by atoms with Gasteiger partial charge in [0, 0.05) is 11.6 Å². The number of nitrogens with one attached hydrogen (secondary N) is 3. The van der Waals surface area contributed by atoms with Crippen LogP contribution in [0.5, 0.6) is 0 Å². The van der Waals surface area contributed by atoms with Crippen LogP contribution in [0.4, 0.5) is 16.0 Å². The van der Waals surface area contributed by atoms with E-state index in [4.69, 9.17) is 11.6 Å². The third-order valence-electron chi connectivity index (χ3n) is 6.29. The van der Waals surface area contributed by atoms with Gasteiger partial charge in [0.15, 0.2) is 0 Å². The SMILES string of the molecule is O=C(NC1CCC2(CC1)CC2)c1ccc2[nH]c(Nc3c(F)cccc3Cl)nc2c1. The summed E-state index contributed by atoms with van der Waals surface area (Å²) in [6.45, 7) is 0. The quantitative estimate of drug-likeness (QED) is 0.526. The largest absolute Gasteiger partial charge is 0.349 e. The van der Waals surface area contributed by atoms with Crippen LogP contribution in [-0.2, 0) is 0 Å². The molecule has 2 aliphatic carbocycles. The summed E-state index contributed by atoms with van der Waals surface area (Å²) in [7, 11) is 0. The second kappa shape index (κ2) is 7.02. The highest BCUT2D eigenvalue weighted by atomic mass is 35.5. The van der Waals surface area contributed by atoms with Crippen molar-refractivity contribution in [2.45, 2.75) is 44.6 Å². The predicted molar refractivity (Wildman–Crippen MR) is 112 cm³/mol. The molecule has 5 rings (SSSR count). The lowest BCUT2D eigenvalue weighted by Gasteiger charge is -2.29. The van der Waals surface area contributed by atoms with E-state index in [0.717, 1.165) is 18.4 Å². The maximum atomic E-state index is 14.0. The second-order valence-corrected chi connectivity index (χ2v) is 8.69. The van der Waals surface area contributed by atoms with Gasteiger partial charge in [-0.15, -0.1) is 0 Å². The summed E-state index contributed by atoms with van der Waals surface area (Å²) in [5, 5.41) is 6.32. The van der Waals surface area contributed by atoms with Crippen LogP contribution in [0.25, 0.3) is 11.0 Å². The Bertz CT molecular complexity index is 1060. The van der Waals surface area contributed by atoms with Crippen molar-refractivity contribution in [2.75, 3.05) is 5.32 Å². The Morgan fingerprint density at radius 2 is 1.97 bits per heavy atom. The molecule has 1 spiro atoms. The van der Waals surface area contributed by atoms with E-state index in [1.165, 1.54) is 31.7 Å². The molecule has 3 N–H and O–H groups in total. The van der Waals surface area contributed by atoms with Crippen LogP contribution >= 0.6 is 11.6 Å². The van der Waals surface area contributed by atoms with Crippen LogP contribution in [0.2, 0.25) is 5.02 Å². The monoisotopic (exact) mass is 412 g/mol. The molecule has 0 aliphatic heterocycles. The molecule has 2 aromatic carbocycles. The first kappa shape index (κ1) is 18.4. The van der Waals surface area contributed by atoms with Crippen molar-refractivity contribution in [1.29, 1.82) is 0 Å². The maximum absolute atomic E-state index is 14.0. The Morgan fingerprint density at radius 1 is 1.17 bits per heavy atom. The number of hydrogen-bond donors (Lipinski definition) is 3. The van der Waals surface area contributed by atoms with E-state index in [-0.39, 0.29) is 22.7 Å². The number of nitrogens with zero attached hydrogens (tertiary/aromatic N) is 1. The van der Waals surface area contributed by atoms with E-state index in [0.29, 0.717) is 22.4 Å². The van der Waals surface area contributed by atoms with Crippen LogP contribution in [0.3, 0.4) is 0 Å². The first-order valence-corrected chi connectivity index (χ1v) is 10.4. The van der Waals surface area contributed by atoms with Crippen molar-refractivity contribution in [3.05, 3.63) is 52.8 Å². The molecule has 0 saturated heterocycles. The van der Waals surface area contributed by atoms with Gasteiger partial charge in [-0.2, -0.15) is 0 Å². The molecule has 7 heteroatoms. The average Bonchev–Trinajstić information content (AvgIpc) is 3.34. The third kappa shape index (κ3) is 3.69. The highest BCUT2D eigenvalue weighted by molar-refractivity contribution is 6.33. The molecule has 0 atom stereocenters. The molecule has 3 aromatic rings. The molecule has 2 fully saturated rings. The molecule has 0 unspecified atom stereocenters. The highest BCUT2D eigenvalue weighted by Crippen LogP contribution is 2.56. The lowest BCUT2D eigenvalue weighted by molar-refractivity contribution is 0.0919. The number of carbonyl (C=O) groups excluding carboxylic acids is 1. The second-order valence-electron chi connectivity index (χ2n) is 8.29. The summed E-state index contributed by atoms with van der Waals surface area (Å²) in [6, 6.07) is 10.1. The molecule has 1 amide bonds. The van der Waals surface area contributed by atoms with E-state index in [9.17, 15) is 9.18 Å². The predicted octanol–water partition coefficient (Wildman–Crippen LogP) is 5.55. The Labute approximate surface area is 173 Å². The zero-order valence-electron chi connectivity index (χ0n) is 15.9. The van der Waals surface area contributed by atoms with Crippen molar-refractivity contribution >= 4 is 40.2 Å². The van der Waals surface area contributed by atoms with Crippen molar-refractivity contribution in [1.82, 2.24) is 15.3 Å². The van der Waals surface area contributed by atoms with Crippen molar-refractivity contribution in [3.8, 4) is 0 Å². The summed E-state index contributed by atoms with van der Waals surface area (Å²) >= 11 is 6.06. The Balaban J connectivity index is 1.30. The number of halogens is 2. The van der Waals surface area contributed by atoms with Gasteiger partial charge >= 0.3 is 0 Å². The molecule has 0 bridgehead atoms. The van der Waals surface area contributed by atoms with Gasteiger partial charge in [0.2, 0.25) is 5.95 Å². The van der Waals surface area contributed by atoms with Crippen molar-refractivity contribution in [2.24, 2.45) is 5.41 Å². The number of aromatic amines is 1. The summed E-state index contributed by atoms with van der Waals surface area (Å²) in [5.41, 5.74) is 2.74. The normalized spacial score (nSPS) is 18.1. The van der Waals surface area contributed by atoms with Gasteiger partial charge in [-0.25, -0.2) is 9.37 Å². The van der Waals surface area contributed by atoms with E-state index in [1.807, 2.05) is 6.07 Å². The van der Waals surface area contributed by atoms with Crippen molar-refractivity contribution < 1.29 is 9.18 Å². The zero-order chi connectivity index (χ0) is 20.0. The standard InChI is InChI=1S/C22H22ClFN4O/c23-15-2-1-3-16(24)19(15)28-21-26-17-5-4-13(12-18(17)27-21)20(29)25-14-6-8-22(9-7-14)10-11-22/h1-5,12,14H,6-11H2,(H,25,29)(H2,26,27,28). The summed E-state index contributed by atoms with van der Waals surface area (Å²) in [6.07, 6.45) is 7.30.